The lowest BCUT2D eigenvalue weighted by atomic mass is 9.76. The minimum atomic E-state index is -1.82. The van der Waals surface area contributed by atoms with Gasteiger partial charge in [-0.2, -0.15) is 0 Å². The van der Waals surface area contributed by atoms with Gasteiger partial charge in [-0.25, -0.2) is 0 Å². The zero-order valence-electron chi connectivity index (χ0n) is 47.3. The number of aryl methyl sites for hydroxylation is 1. The minimum absolute atomic E-state index is 0.129. The number of nitrogens with zero attached hydrogens (tertiary/aromatic N) is 6. The average molecular weight is 1040 g/mol. The normalized spacial score (nSPS) is 38.7. The van der Waals surface area contributed by atoms with Crippen LogP contribution in [0.25, 0.3) is 5.57 Å². The molecule has 74 heavy (non-hydrogen) atoms. The van der Waals surface area contributed by atoms with Crippen LogP contribution in [0.1, 0.15) is 126 Å². The number of allylic oxidation sites excluding steroid dienone is 2. The number of esters is 1. The summed E-state index contributed by atoms with van der Waals surface area (Å²) in [6, 6.07) is 7.15. The van der Waals surface area contributed by atoms with Gasteiger partial charge in [0.15, 0.2) is 6.29 Å². The van der Waals surface area contributed by atoms with Gasteiger partial charge < -0.3 is 63.8 Å². The number of aromatic nitrogens is 3. The van der Waals surface area contributed by atoms with Crippen LogP contribution in [0.5, 0.6) is 5.75 Å². The predicted octanol–water partition coefficient (Wildman–Crippen LogP) is 5.34. The van der Waals surface area contributed by atoms with Crippen LogP contribution in [-0.2, 0) is 41.4 Å². The summed E-state index contributed by atoms with van der Waals surface area (Å²) in [5.74, 6) is -1.63. The number of rotatable bonds is 17. The lowest BCUT2D eigenvalue weighted by molar-refractivity contribution is -0.302. The van der Waals surface area contributed by atoms with Crippen molar-refractivity contribution in [2.24, 2.45) is 28.7 Å². The molecule has 3 fully saturated rings. The van der Waals surface area contributed by atoms with Crippen LogP contribution in [0, 0.1) is 23.7 Å². The van der Waals surface area contributed by atoms with Crippen LogP contribution in [0.3, 0.4) is 0 Å². The van der Waals surface area contributed by atoms with Crippen LogP contribution in [0.2, 0.25) is 0 Å². The summed E-state index contributed by atoms with van der Waals surface area (Å²) in [5.41, 5.74) is -1.44. The molecule has 1 aromatic carbocycles. The number of aliphatic hydroxyl groups excluding tert-OH is 3. The molecule has 0 amide bonds. The first kappa shape index (κ1) is 61.5. The number of cyclic esters (lactones) is 1. The van der Waals surface area contributed by atoms with Crippen molar-refractivity contribution in [3.8, 4) is 5.75 Å². The molecule has 1 aliphatic carbocycles. The Kier molecular flexibility index (Phi) is 22.2. The molecule has 0 unspecified atom stereocenters. The highest BCUT2D eigenvalue weighted by molar-refractivity contribution is 6.09. The van der Waals surface area contributed by atoms with E-state index >= 15 is 0 Å². The average Bonchev–Trinajstić information content (AvgIpc) is 3.82. The number of carbonyl (C=O) groups is 1. The lowest BCUT2D eigenvalue weighted by Crippen LogP contribution is -2.60. The molecule has 5 N–H and O–H groups in total. The molecule has 420 valence electrons. The number of methoxy groups -OCH3 is 1. The maximum Gasteiger partial charge on any atom is 0.311 e. The van der Waals surface area contributed by atoms with Gasteiger partial charge in [0, 0.05) is 83.5 Å². The van der Waals surface area contributed by atoms with E-state index in [1.54, 1.807) is 41.7 Å². The Balaban J connectivity index is 1.35. The van der Waals surface area contributed by atoms with E-state index in [1.165, 1.54) is 14.0 Å². The molecular weight excluding hydrogens is 949 g/mol. The predicted molar refractivity (Wildman–Crippen MR) is 285 cm³/mol. The first-order valence-corrected chi connectivity index (χ1v) is 27.1. The third kappa shape index (κ3) is 15.2. The molecule has 18 heteroatoms. The number of hydrogen-bond donors (Lipinski definition) is 5. The SMILES string of the molecule is C/C=C(\C=N/C)c1ccc(OCCCn2cc(CCN(C)[C@H]3C[C@@H](C)C[C@@H](O[C@@H]4[C@@H](C)[C@H](O[C@H]5C[C@@](C)(OC)[C@@H](O)[C@H](C)O5)[C@@H](C)C(=O)O[C@H](CC)[C@@](C)(O)[C@H](O)[C@@H](C)N(C)C[C@H](C)C[C@@]4(C)O)[C@@H]3O)nn2)cc1. The summed E-state index contributed by atoms with van der Waals surface area (Å²) in [4.78, 5) is 22.8. The van der Waals surface area contributed by atoms with E-state index in [9.17, 15) is 30.3 Å². The quantitative estimate of drug-likeness (QED) is 0.0766. The third-order valence-electron chi connectivity index (χ3n) is 16.5. The second kappa shape index (κ2) is 26.8. The van der Waals surface area contributed by atoms with Crippen molar-refractivity contribution >= 4 is 17.8 Å². The Labute approximate surface area is 441 Å². The number of benzene rings is 1. The van der Waals surface area contributed by atoms with Crippen molar-refractivity contribution in [1.82, 2.24) is 24.8 Å². The van der Waals surface area contributed by atoms with Crippen molar-refractivity contribution in [1.29, 1.82) is 0 Å². The maximum absolute atomic E-state index is 14.5. The molecule has 5 rings (SSSR count). The molecule has 0 bridgehead atoms. The van der Waals surface area contributed by atoms with E-state index in [1.807, 2.05) is 94.1 Å². The van der Waals surface area contributed by atoms with E-state index in [4.69, 9.17) is 28.4 Å². The molecule has 0 radical (unpaired) electrons. The number of hydrogen-bond acceptors (Lipinski definition) is 17. The largest absolute Gasteiger partial charge is 0.494 e. The van der Waals surface area contributed by atoms with Gasteiger partial charge in [0.1, 0.15) is 29.7 Å². The van der Waals surface area contributed by atoms with Crippen molar-refractivity contribution in [2.45, 2.75) is 212 Å². The van der Waals surface area contributed by atoms with Gasteiger partial charge in [-0.3, -0.25) is 14.5 Å². The molecule has 2 aliphatic heterocycles. The number of aliphatic imine (C=N–C) groups is 1. The molecule has 2 aromatic rings. The van der Waals surface area contributed by atoms with Gasteiger partial charge in [-0.15, -0.1) is 5.10 Å². The number of ether oxygens (including phenoxy) is 6. The van der Waals surface area contributed by atoms with E-state index in [-0.39, 0.29) is 37.1 Å². The number of carbonyl (C=O) groups excluding carboxylic acids is 1. The topological polar surface area (TPSA) is 223 Å². The van der Waals surface area contributed by atoms with Crippen molar-refractivity contribution in [2.75, 3.05) is 47.9 Å². The highest BCUT2D eigenvalue weighted by atomic mass is 16.7. The summed E-state index contributed by atoms with van der Waals surface area (Å²) in [6.45, 7) is 22.3. The molecule has 2 saturated heterocycles. The van der Waals surface area contributed by atoms with E-state index in [0.717, 1.165) is 35.4 Å². The second-order valence-electron chi connectivity index (χ2n) is 22.8. The highest BCUT2D eigenvalue weighted by Gasteiger charge is 2.52. The number of aliphatic hydroxyl groups is 5. The van der Waals surface area contributed by atoms with Crippen molar-refractivity contribution in [3.05, 3.63) is 47.8 Å². The first-order chi connectivity index (χ1) is 34.8. The highest BCUT2D eigenvalue weighted by Crippen LogP contribution is 2.41. The molecular formula is C56H94N6O12. The fourth-order valence-corrected chi connectivity index (χ4v) is 11.8. The van der Waals surface area contributed by atoms with Crippen LogP contribution < -0.4 is 4.74 Å². The van der Waals surface area contributed by atoms with Gasteiger partial charge in [0.25, 0.3) is 0 Å². The molecule has 3 aliphatic rings. The van der Waals surface area contributed by atoms with Crippen LogP contribution in [0.15, 0.2) is 41.5 Å². The fraction of sp³-hybridized carbons (Fsp3) is 0.786. The maximum atomic E-state index is 14.5. The van der Waals surface area contributed by atoms with Gasteiger partial charge in [-0.1, -0.05) is 51.1 Å². The van der Waals surface area contributed by atoms with E-state index in [0.29, 0.717) is 39.1 Å². The standard InChI is InChI=1S/C56H94N6O12/c1-16-40(31-57-12)41-19-21-43(22-20-41)70-26-18-24-62-33-42(58-59-62)23-25-60(13)44-27-34(3)28-45(48(44)63)72-52-36(5)49(74-47-30-55(10,69-15)51(65)39(8)71-47)37(6)53(66)73-46(17-2)56(11,68)50(64)38(7)61(14)32-35(4)29-54(52,9)67/h16,19-22,31,33-39,44-52,63-65,67-68H,17-18,23-30,32H2,1-15H3/b40-16+,57-31-/t34-,35-,36+,37-,38-,39+,44+,45-,46-,47+,48-,49+,50-,51+,52-,54-,55-,56-/m1/s1. The van der Waals surface area contributed by atoms with Gasteiger partial charge in [0.2, 0.25) is 0 Å². The molecule has 18 nitrogen and oxygen atoms in total. The number of likely N-dealkylation sites (N-methyl/N-ethyl adjacent to an activating group) is 2. The summed E-state index contributed by atoms with van der Waals surface area (Å²) >= 11 is 0. The first-order valence-electron chi connectivity index (χ1n) is 27.1. The molecule has 3 heterocycles. The van der Waals surface area contributed by atoms with Crippen molar-refractivity contribution < 1.29 is 58.7 Å². The molecule has 0 spiro atoms. The summed E-state index contributed by atoms with van der Waals surface area (Å²) in [7, 11) is 7.14. The van der Waals surface area contributed by atoms with E-state index in [2.05, 4.69) is 27.1 Å². The van der Waals surface area contributed by atoms with Crippen LogP contribution in [-0.4, -0.2) is 194 Å². The Morgan fingerprint density at radius 3 is 2.31 bits per heavy atom. The van der Waals surface area contributed by atoms with Crippen molar-refractivity contribution in [3.63, 3.8) is 0 Å². The summed E-state index contributed by atoms with van der Waals surface area (Å²) in [6.07, 6.45) is 0.394. The molecule has 18 atom stereocenters. The Hall–Kier alpha value is -3.40. The Morgan fingerprint density at radius 1 is 0.986 bits per heavy atom. The van der Waals surface area contributed by atoms with Gasteiger partial charge >= 0.3 is 5.97 Å². The van der Waals surface area contributed by atoms with Gasteiger partial charge in [-0.05, 0) is 123 Å². The van der Waals surface area contributed by atoms with Crippen LogP contribution in [0.4, 0.5) is 0 Å². The monoisotopic (exact) mass is 1040 g/mol. The summed E-state index contributed by atoms with van der Waals surface area (Å²) < 4.78 is 40.1. The zero-order chi connectivity index (χ0) is 54.9. The third-order valence-corrected chi connectivity index (χ3v) is 16.5. The lowest BCUT2D eigenvalue weighted by Gasteiger charge is -2.49. The molecule has 1 aromatic heterocycles. The second-order valence-corrected chi connectivity index (χ2v) is 22.8. The summed E-state index contributed by atoms with van der Waals surface area (Å²) in [5, 5.41) is 68.8. The smallest absolute Gasteiger partial charge is 0.311 e. The zero-order valence-corrected chi connectivity index (χ0v) is 47.3. The van der Waals surface area contributed by atoms with Crippen LogP contribution >= 0.6 is 0 Å². The minimum Gasteiger partial charge on any atom is -0.494 e. The van der Waals surface area contributed by atoms with Gasteiger partial charge in [0.05, 0.1) is 59.9 Å². The Bertz CT molecular complexity index is 2100. The van der Waals surface area contributed by atoms with E-state index < -0.39 is 95.8 Å². The molecule has 1 saturated carbocycles. The Morgan fingerprint density at radius 2 is 1.68 bits per heavy atom. The fourth-order valence-electron chi connectivity index (χ4n) is 11.8.